The molecule has 0 amide bonds. The lowest BCUT2D eigenvalue weighted by molar-refractivity contribution is 0.129. The molecule has 0 aromatic heterocycles. The summed E-state index contributed by atoms with van der Waals surface area (Å²) in [5.41, 5.74) is 1.25. The van der Waals surface area contributed by atoms with Crippen molar-refractivity contribution in [2.24, 2.45) is 5.92 Å². The highest BCUT2D eigenvalue weighted by molar-refractivity contribution is 6.99. The molecule has 33 heavy (non-hydrogen) atoms. The standard InChI is InChI=1S/C29H37NO2Si/c1-29(2,3)33(25-15-9-5-10-16-25,26-17-11-6-12-18-26)32-27-20-19-24(22-31)28(27)30-21-23-13-7-4-8-14-23/h4-18,24,27-28,30-31H,19-22H2,1-3H3/t24-,27+,28+/m1/s1. The van der Waals surface area contributed by atoms with E-state index < -0.39 is 8.32 Å². The summed E-state index contributed by atoms with van der Waals surface area (Å²) in [6, 6.07) is 32.3. The van der Waals surface area contributed by atoms with E-state index in [1.807, 2.05) is 6.07 Å². The molecule has 1 aliphatic rings. The first-order chi connectivity index (χ1) is 16.0. The Bertz CT molecular complexity index is 949. The molecule has 3 aromatic carbocycles. The van der Waals surface area contributed by atoms with Crippen molar-refractivity contribution in [3.8, 4) is 0 Å². The fourth-order valence-corrected chi connectivity index (χ4v) is 10.2. The van der Waals surface area contributed by atoms with Gasteiger partial charge in [0, 0.05) is 19.2 Å². The van der Waals surface area contributed by atoms with E-state index in [2.05, 4.69) is 111 Å². The number of benzene rings is 3. The van der Waals surface area contributed by atoms with Crippen molar-refractivity contribution >= 4 is 18.7 Å². The van der Waals surface area contributed by atoms with Crippen LogP contribution in [0.2, 0.25) is 5.04 Å². The zero-order valence-electron chi connectivity index (χ0n) is 20.1. The molecule has 2 N–H and O–H groups in total. The second-order valence-electron chi connectivity index (χ2n) is 10.2. The summed E-state index contributed by atoms with van der Waals surface area (Å²) in [4.78, 5) is 0. The molecule has 1 aliphatic carbocycles. The maximum atomic E-state index is 10.2. The van der Waals surface area contributed by atoms with Gasteiger partial charge in [-0.05, 0) is 39.7 Å². The summed E-state index contributed by atoms with van der Waals surface area (Å²) in [5, 5.41) is 16.5. The lowest BCUT2D eigenvalue weighted by atomic mass is 10.0. The smallest absolute Gasteiger partial charge is 0.261 e. The number of aliphatic hydroxyl groups excluding tert-OH is 1. The predicted octanol–water partition coefficient (Wildman–Crippen LogP) is 4.49. The number of hydrogen-bond acceptors (Lipinski definition) is 3. The second-order valence-corrected chi connectivity index (χ2v) is 14.5. The van der Waals surface area contributed by atoms with Crippen LogP contribution in [0.4, 0.5) is 0 Å². The Labute approximate surface area is 200 Å². The Morgan fingerprint density at radius 2 is 1.33 bits per heavy atom. The Kier molecular flexibility index (Phi) is 7.50. The molecule has 0 spiro atoms. The van der Waals surface area contributed by atoms with Gasteiger partial charge in [0.25, 0.3) is 8.32 Å². The third-order valence-electron chi connectivity index (χ3n) is 7.09. The Balaban J connectivity index is 1.71. The topological polar surface area (TPSA) is 41.5 Å². The molecule has 174 valence electrons. The molecule has 0 heterocycles. The molecule has 4 heteroatoms. The average Bonchev–Trinajstić information content (AvgIpc) is 3.23. The van der Waals surface area contributed by atoms with Crippen molar-refractivity contribution in [2.75, 3.05) is 6.61 Å². The van der Waals surface area contributed by atoms with E-state index in [0.29, 0.717) is 0 Å². The largest absolute Gasteiger partial charge is 0.403 e. The van der Waals surface area contributed by atoms with E-state index in [-0.39, 0.29) is 29.7 Å². The summed E-state index contributed by atoms with van der Waals surface area (Å²) in [6.07, 6.45) is 1.99. The number of hydrogen-bond donors (Lipinski definition) is 2. The van der Waals surface area contributed by atoms with E-state index in [1.54, 1.807) is 0 Å². The third kappa shape index (κ3) is 4.99. The van der Waals surface area contributed by atoms with Gasteiger partial charge in [-0.1, -0.05) is 112 Å². The summed E-state index contributed by atoms with van der Waals surface area (Å²) < 4.78 is 7.43. The highest BCUT2D eigenvalue weighted by Gasteiger charge is 2.53. The first-order valence-corrected chi connectivity index (χ1v) is 14.0. The molecular weight excluding hydrogens is 422 g/mol. The van der Waals surface area contributed by atoms with Gasteiger partial charge in [-0.3, -0.25) is 0 Å². The molecule has 1 saturated carbocycles. The second kappa shape index (κ2) is 10.4. The quantitative estimate of drug-likeness (QED) is 0.488. The van der Waals surface area contributed by atoms with E-state index in [9.17, 15) is 5.11 Å². The van der Waals surface area contributed by atoms with Crippen molar-refractivity contribution in [3.05, 3.63) is 96.6 Å². The number of nitrogens with one attached hydrogen (secondary N) is 1. The zero-order valence-corrected chi connectivity index (χ0v) is 21.1. The van der Waals surface area contributed by atoms with Gasteiger partial charge in [0.2, 0.25) is 0 Å². The molecule has 0 bridgehead atoms. The normalized spacial score (nSPS) is 21.3. The molecule has 0 saturated heterocycles. The fourth-order valence-electron chi connectivity index (χ4n) is 5.43. The van der Waals surface area contributed by atoms with Crippen LogP contribution in [0, 0.1) is 5.92 Å². The van der Waals surface area contributed by atoms with Crippen molar-refractivity contribution in [1.82, 2.24) is 5.32 Å². The van der Waals surface area contributed by atoms with Crippen molar-refractivity contribution < 1.29 is 9.53 Å². The van der Waals surface area contributed by atoms with E-state index in [4.69, 9.17) is 4.43 Å². The van der Waals surface area contributed by atoms with E-state index in [1.165, 1.54) is 15.9 Å². The zero-order chi connectivity index (χ0) is 23.3. The monoisotopic (exact) mass is 459 g/mol. The minimum absolute atomic E-state index is 0.0529. The summed E-state index contributed by atoms with van der Waals surface area (Å²) in [7, 11) is -2.63. The van der Waals surface area contributed by atoms with Gasteiger partial charge in [0.15, 0.2) is 0 Å². The van der Waals surface area contributed by atoms with Crippen LogP contribution < -0.4 is 15.7 Å². The van der Waals surface area contributed by atoms with E-state index in [0.717, 1.165) is 19.4 Å². The van der Waals surface area contributed by atoms with Gasteiger partial charge in [-0.2, -0.15) is 0 Å². The Hall–Kier alpha value is -2.24. The number of rotatable bonds is 8. The van der Waals surface area contributed by atoms with Crippen LogP contribution in [0.3, 0.4) is 0 Å². The first kappa shape index (κ1) is 23.9. The van der Waals surface area contributed by atoms with Gasteiger partial charge in [0.1, 0.15) is 0 Å². The average molecular weight is 460 g/mol. The molecule has 3 atom stereocenters. The maximum absolute atomic E-state index is 10.2. The van der Waals surface area contributed by atoms with Gasteiger partial charge < -0.3 is 14.8 Å². The molecule has 0 unspecified atom stereocenters. The molecule has 0 radical (unpaired) electrons. The summed E-state index contributed by atoms with van der Waals surface area (Å²) in [5.74, 6) is 0.205. The predicted molar refractivity (Wildman–Crippen MR) is 139 cm³/mol. The van der Waals surface area contributed by atoms with Gasteiger partial charge in [-0.25, -0.2) is 0 Å². The molecule has 1 fully saturated rings. The molecule has 3 nitrogen and oxygen atoms in total. The van der Waals surface area contributed by atoms with Crippen LogP contribution in [-0.4, -0.2) is 32.2 Å². The van der Waals surface area contributed by atoms with Crippen LogP contribution in [0.15, 0.2) is 91.0 Å². The minimum atomic E-state index is -2.63. The Morgan fingerprint density at radius 3 is 1.82 bits per heavy atom. The first-order valence-electron chi connectivity index (χ1n) is 12.1. The molecular formula is C29H37NO2Si. The third-order valence-corrected chi connectivity index (χ3v) is 12.2. The van der Waals surface area contributed by atoms with Gasteiger partial charge >= 0.3 is 0 Å². The lowest BCUT2D eigenvalue weighted by Gasteiger charge is -2.46. The Morgan fingerprint density at radius 1 is 0.818 bits per heavy atom. The highest BCUT2D eigenvalue weighted by Crippen LogP contribution is 2.40. The highest BCUT2D eigenvalue weighted by atomic mass is 28.4. The van der Waals surface area contributed by atoms with Crippen LogP contribution >= 0.6 is 0 Å². The molecule has 0 aliphatic heterocycles. The summed E-state index contributed by atoms with van der Waals surface area (Å²) in [6.45, 7) is 7.94. The maximum Gasteiger partial charge on any atom is 0.261 e. The van der Waals surface area contributed by atoms with Crippen molar-refractivity contribution in [2.45, 2.75) is 57.3 Å². The summed E-state index contributed by atoms with van der Waals surface area (Å²) >= 11 is 0. The lowest BCUT2D eigenvalue weighted by Crippen LogP contribution is -2.68. The minimum Gasteiger partial charge on any atom is -0.403 e. The SMILES string of the molecule is CC(C)(C)[Si](O[C@H]1CC[C@H](CO)[C@@H]1NCc1ccccc1)(c1ccccc1)c1ccccc1. The molecule has 3 aromatic rings. The van der Waals surface area contributed by atoms with Crippen molar-refractivity contribution in [3.63, 3.8) is 0 Å². The molecule has 4 rings (SSSR count). The van der Waals surface area contributed by atoms with Crippen LogP contribution in [0.25, 0.3) is 0 Å². The van der Waals surface area contributed by atoms with Crippen LogP contribution in [0.1, 0.15) is 39.2 Å². The van der Waals surface area contributed by atoms with Gasteiger partial charge in [-0.15, -0.1) is 0 Å². The van der Waals surface area contributed by atoms with Gasteiger partial charge in [0.05, 0.1) is 6.10 Å². The van der Waals surface area contributed by atoms with Crippen molar-refractivity contribution in [1.29, 1.82) is 0 Å². The van der Waals surface area contributed by atoms with Crippen LogP contribution in [-0.2, 0) is 11.0 Å². The fraction of sp³-hybridized carbons (Fsp3) is 0.379. The number of aliphatic hydroxyl groups is 1. The van der Waals surface area contributed by atoms with Crippen LogP contribution in [0.5, 0.6) is 0 Å². The van der Waals surface area contributed by atoms with E-state index >= 15 is 0 Å².